The molecule has 1 aliphatic heterocycles. The second-order valence-corrected chi connectivity index (χ2v) is 4.09. The van der Waals surface area contributed by atoms with Crippen molar-refractivity contribution < 1.29 is 30.6 Å². The Labute approximate surface area is 124 Å². The van der Waals surface area contributed by atoms with Crippen molar-refractivity contribution in [3.8, 4) is 0 Å². The van der Waals surface area contributed by atoms with E-state index in [2.05, 4.69) is 0 Å². The monoisotopic (exact) mass is 437 g/mol. The summed E-state index contributed by atoms with van der Waals surface area (Å²) in [5, 5.41) is 0. The normalized spacial score (nSPS) is 22.8. The largest absolute Gasteiger partial charge is 0.539 e. The van der Waals surface area contributed by atoms with Crippen LogP contribution in [0, 0.1) is 0 Å². The van der Waals surface area contributed by atoms with Crippen LogP contribution in [-0.2, 0) is 30.6 Å². The van der Waals surface area contributed by atoms with E-state index in [1.54, 1.807) is 0 Å². The van der Waals surface area contributed by atoms with Crippen molar-refractivity contribution >= 4 is 16.5 Å². The summed E-state index contributed by atoms with van der Waals surface area (Å²) in [6, 6.07) is 0. The van der Waals surface area contributed by atoms with Crippen LogP contribution >= 0.6 is 0 Å². The Balaban J connectivity index is 0. The zero-order chi connectivity index (χ0) is 12.1. The maximum Gasteiger partial charge on any atom is 0.0437 e. The van der Waals surface area contributed by atoms with E-state index in [4.69, 9.17) is 4.74 Å². The standard InChI is InChI=1S/C6H9O2.C6H12.CH5Si.Pt/c7-5-6-3-1-2-4-8-6;1-2-4-6-5-3-1;1-2;/h6H,1-4H2;1-6H2;2H2,1H3;/q-1;;;. The van der Waals surface area contributed by atoms with E-state index in [9.17, 15) is 4.79 Å². The maximum atomic E-state index is 9.91. The van der Waals surface area contributed by atoms with Crippen molar-refractivity contribution in [2.75, 3.05) is 6.61 Å². The molecule has 2 rings (SSSR count). The van der Waals surface area contributed by atoms with Gasteiger partial charge in [-0.2, -0.15) is 0 Å². The van der Waals surface area contributed by atoms with Crippen LogP contribution in [0.1, 0.15) is 57.8 Å². The molecule has 1 heterocycles. The average molecular weight is 438 g/mol. The molecule has 0 aromatic heterocycles. The third-order valence-electron chi connectivity index (χ3n) is 2.81. The minimum atomic E-state index is -0.219. The van der Waals surface area contributed by atoms with Crippen LogP contribution in [0.4, 0.5) is 0 Å². The SMILES string of the molecule is C1CCCCC1.C[SiH2].O=[C-]C1CCCCO1.[Pt]. The van der Waals surface area contributed by atoms with Gasteiger partial charge >= 0.3 is 0 Å². The van der Waals surface area contributed by atoms with E-state index >= 15 is 0 Å². The number of carbonyl (C=O) groups excluding carboxylic acids is 1. The summed E-state index contributed by atoms with van der Waals surface area (Å²) >= 11 is 0. The fraction of sp³-hybridized carbons (Fsp3) is 0.923. The van der Waals surface area contributed by atoms with Gasteiger partial charge in [-0.15, -0.1) is 0 Å². The summed E-state index contributed by atoms with van der Waals surface area (Å²) in [6.45, 7) is 2.76. The minimum absolute atomic E-state index is 0. The summed E-state index contributed by atoms with van der Waals surface area (Å²) in [6.07, 6.45) is 13.7. The Morgan fingerprint density at radius 1 is 0.941 bits per heavy atom. The van der Waals surface area contributed by atoms with E-state index in [0.29, 0.717) is 0 Å². The quantitative estimate of drug-likeness (QED) is 0.466. The molecule has 0 spiro atoms. The van der Waals surface area contributed by atoms with Gasteiger partial charge in [0, 0.05) is 37.9 Å². The van der Waals surface area contributed by atoms with Crippen LogP contribution in [-0.4, -0.2) is 29.2 Å². The molecule has 1 saturated carbocycles. The van der Waals surface area contributed by atoms with Crippen molar-refractivity contribution in [2.24, 2.45) is 0 Å². The second-order valence-electron chi connectivity index (χ2n) is 4.09. The minimum Gasteiger partial charge on any atom is -0.539 e. The van der Waals surface area contributed by atoms with Crippen molar-refractivity contribution in [3.05, 3.63) is 0 Å². The maximum absolute atomic E-state index is 9.91. The molecule has 2 nitrogen and oxygen atoms in total. The van der Waals surface area contributed by atoms with E-state index in [1.807, 2.05) is 23.1 Å². The summed E-state index contributed by atoms with van der Waals surface area (Å²) in [5.74, 6) is 0. The first-order valence-corrected chi connectivity index (χ1v) is 8.05. The summed E-state index contributed by atoms with van der Waals surface area (Å²) in [4.78, 5) is 9.91. The smallest absolute Gasteiger partial charge is 0.0437 e. The Morgan fingerprint density at radius 2 is 1.41 bits per heavy atom. The first kappa shape index (κ1) is 19.9. The van der Waals surface area contributed by atoms with Crippen LogP contribution in [0.25, 0.3) is 0 Å². The average Bonchev–Trinajstić information content (AvgIpc) is 2.44. The summed E-state index contributed by atoms with van der Waals surface area (Å²) < 4.78 is 5.00. The van der Waals surface area contributed by atoms with Gasteiger partial charge in [0.05, 0.1) is 0 Å². The number of ether oxygens (including phenoxy) is 1. The van der Waals surface area contributed by atoms with Gasteiger partial charge < -0.3 is 9.53 Å². The molecule has 0 aromatic rings. The Bertz CT molecular complexity index is 135. The van der Waals surface area contributed by atoms with Crippen molar-refractivity contribution in [1.82, 2.24) is 0 Å². The van der Waals surface area contributed by atoms with Crippen LogP contribution in [0.15, 0.2) is 0 Å². The predicted octanol–water partition coefficient (Wildman–Crippen LogP) is 2.67. The van der Waals surface area contributed by atoms with Crippen molar-refractivity contribution in [3.63, 3.8) is 0 Å². The van der Waals surface area contributed by atoms with Crippen molar-refractivity contribution in [2.45, 2.75) is 70.4 Å². The van der Waals surface area contributed by atoms with Gasteiger partial charge in [0.1, 0.15) is 0 Å². The van der Waals surface area contributed by atoms with Crippen molar-refractivity contribution in [1.29, 1.82) is 0 Å². The fourth-order valence-electron chi connectivity index (χ4n) is 1.89. The molecule has 1 saturated heterocycles. The molecule has 2 aliphatic rings. The van der Waals surface area contributed by atoms with Gasteiger partial charge in [-0.1, -0.05) is 57.9 Å². The Morgan fingerprint density at radius 3 is 1.65 bits per heavy atom. The van der Waals surface area contributed by atoms with E-state index < -0.39 is 0 Å². The molecule has 2 fully saturated rings. The molecular formula is C13H26O2PtSi-. The van der Waals surface area contributed by atoms with Crippen LogP contribution in [0.5, 0.6) is 0 Å². The fourth-order valence-corrected chi connectivity index (χ4v) is 1.89. The molecular weight excluding hydrogens is 411 g/mol. The van der Waals surface area contributed by atoms with E-state index in [0.717, 1.165) is 25.9 Å². The summed E-state index contributed by atoms with van der Waals surface area (Å²) in [5.41, 5.74) is 0. The molecule has 17 heavy (non-hydrogen) atoms. The van der Waals surface area contributed by atoms with E-state index in [1.165, 1.54) is 38.5 Å². The second kappa shape index (κ2) is 16.5. The number of hydrogen-bond acceptors (Lipinski definition) is 2. The number of hydrogen-bond donors (Lipinski definition) is 0. The van der Waals surface area contributed by atoms with Crippen LogP contribution < -0.4 is 0 Å². The summed E-state index contributed by atoms with van der Waals surface area (Å²) in [7, 11) is 1.86. The molecule has 0 amide bonds. The zero-order valence-electron chi connectivity index (χ0n) is 11.0. The Kier molecular flexibility index (Phi) is 19.3. The van der Waals surface area contributed by atoms with E-state index in [-0.39, 0.29) is 27.2 Å². The van der Waals surface area contributed by atoms with Gasteiger partial charge in [0.25, 0.3) is 0 Å². The van der Waals surface area contributed by atoms with Gasteiger partial charge in [0.2, 0.25) is 0 Å². The van der Waals surface area contributed by atoms with Gasteiger partial charge in [-0.25, -0.2) is 6.29 Å². The Hall–Kier alpha value is 0.535. The topological polar surface area (TPSA) is 26.3 Å². The predicted molar refractivity (Wildman–Crippen MR) is 71.4 cm³/mol. The zero-order valence-corrected chi connectivity index (χ0v) is 14.7. The third kappa shape index (κ3) is 12.8. The molecule has 1 radical (unpaired) electrons. The molecule has 105 valence electrons. The number of rotatable bonds is 1. The van der Waals surface area contributed by atoms with Crippen LogP contribution in [0.3, 0.4) is 0 Å². The molecule has 1 atom stereocenters. The molecule has 1 aliphatic carbocycles. The molecule has 4 heteroatoms. The first-order valence-electron chi connectivity index (χ1n) is 6.63. The molecule has 0 N–H and O–H groups in total. The van der Waals surface area contributed by atoms with Gasteiger partial charge in [0.15, 0.2) is 0 Å². The molecule has 0 aromatic carbocycles. The first-order chi connectivity index (χ1) is 7.93. The molecule has 0 bridgehead atoms. The molecule has 1 unspecified atom stereocenters. The van der Waals surface area contributed by atoms with Crippen LogP contribution in [0.2, 0.25) is 6.55 Å². The third-order valence-corrected chi connectivity index (χ3v) is 2.81. The van der Waals surface area contributed by atoms with Gasteiger partial charge in [-0.05, 0) is 12.5 Å². The van der Waals surface area contributed by atoms with Gasteiger partial charge in [-0.3, -0.25) is 0 Å².